The van der Waals surface area contributed by atoms with Crippen LogP contribution >= 0.6 is 11.8 Å². The first kappa shape index (κ1) is 27.0. The SMILES string of the molecule is O=C(CN1C(=O)S/C(=C\c2ccc(OCc3ccc4ccccc4c3)cc2)C1=O)Nc1cccc(C(F)(F)F)c1. The van der Waals surface area contributed by atoms with Crippen molar-refractivity contribution in [1.82, 2.24) is 4.90 Å². The molecule has 1 heterocycles. The zero-order chi connectivity index (χ0) is 28.3. The zero-order valence-electron chi connectivity index (χ0n) is 20.8. The number of alkyl halides is 3. The van der Waals surface area contributed by atoms with Gasteiger partial charge < -0.3 is 10.1 Å². The highest BCUT2D eigenvalue weighted by atomic mass is 32.2. The highest BCUT2D eigenvalue weighted by molar-refractivity contribution is 8.18. The number of rotatable bonds is 7. The fraction of sp³-hybridized carbons (Fsp3) is 0.100. The highest BCUT2D eigenvalue weighted by Crippen LogP contribution is 2.33. The van der Waals surface area contributed by atoms with Crippen LogP contribution in [0, 0.1) is 0 Å². The Morgan fingerprint density at radius 3 is 2.40 bits per heavy atom. The minimum atomic E-state index is -4.57. The van der Waals surface area contributed by atoms with Gasteiger partial charge in [0.2, 0.25) is 5.91 Å². The second kappa shape index (κ2) is 11.3. The van der Waals surface area contributed by atoms with Gasteiger partial charge in [-0.2, -0.15) is 13.2 Å². The molecular weight excluding hydrogens is 541 g/mol. The van der Waals surface area contributed by atoms with E-state index in [0.717, 1.165) is 39.4 Å². The second-order valence-electron chi connectivity index (χ2n) is 8.93. The number of fused-ring (bicyclic) bond motifs is 1. The number of halogens is 3. The summed E-state index contributed by atoms with van der Waals surface area (Å²) in [4.78, 5) is 38.4. The normalized spacial score (nSPS) is 14.7. The van der Waals surface area contributed by atoms with E-state index in [1.54, 1.807) is 24.3 Å². The number of hydrogen-bond donors (Lipinski definition) is 1. The fourth-order valence-corrected chi connectivity index (χ4v) is 4.90. The number of anilines is 1. The van der Waals surface area contributed by atoms with Crippen molar-refractivity contribution in [2.75, 3.05) is 11.9 Å². The van der Waals surface area contributed by atoms with Gasteiger partial charge in [0.05, 0.1) is 10.5 Å². The molecule has 0 bridgehead atoms. The molecule has 4 aromatic carbocycles. The molecular formula is C30H21F3N2O4S. The van der Waals surface area contributed by atoms with Crippen molar-refractivity contribution in [3.63, 3.8) is 0 Å². The van der Waals surface area contributed by atoms with Gasteiger partial charge in [0.25, 0.3) is 11.1 Å². The molecule has 3 amide bonds. The molecule has 0 unspecified atom stereocenters. The molecule has 6 nitrogen and oxygen atoms in total. The summed E-state index contributed by atoms with van der Waals surface area (Å²) in [5, 5.41) is 3.93. The van der Waals surface area contributed by atoms with Gasteiger partial charge >= 0.3 is 6.18 Å². The number of carbonyl (C=O) groups excluding carboxylic acids is 3. The Morgan fingerprint density at radius 1 is 0.900 bits per heavy atom. The van der Waals surface area contributed by atoms with E-state index in [1.807, 2.05) is 36.4 Å². The predicted octanol–water partition coefficient (Wildman–Crippen LogP) is 7.11. The van der Waals surface area contributed by atoms with E-state index in [0.29, 0.717) is 29.7 Å². The van der Waals surface area contributed by atoms with Crippen LogP contribution in [0.1, 0.15) is 16.7 Å². The molecule has 0 spiro atoms. The smallest absolute Gasteiger partial charge is 0.416 e. The van der Waals surface area contributed by atoms with Crippen molar-refractivity contribution in [3.05, 3.63) is 113 Å². The van der Waals surface area contributed by atoms with Crippen LogP contribution in [-0.2, 0) is 22.4 Å². The summed E-state index contributed by atoms with van der Waals surface area (Å²) in [6, 6.07) is 25.2. The number of benzene rings is 4. The van der Waals surface area contributed by atoms with Gasteiger partial charge in [-0.25, -0.2) is 0 Å². The van der Waals surface area contributed by atoms with Crippen LogP contribution in [0.15, 0.2) is 95.9 Å². The van der Waals surface area contributed by atoms with E-state index in [2.05, 4.69) is 11.4 Å². The summed E-state index contributed by atoms with van der Waals surface area (Å²) in [5.74, 6) is -0.828. The number of hydrogen-bond acceptors (Lipinski definition) is 5. The van der Waals surface area contributed by atoms with Gasteiger partial charge in [-0.1, -0.05) is 54.6 Å². The van der Waals surface area contributed by atoms with E-state index < -0.39 is 35.3 Å². The average molecular weight is 563 g/mol. The second-order valence-corrected chi connectivity index (χ2v) is 9.93. The Kier molecular flexibility index (Phi) is 7.61. The number of imide groups is 1. The number of thioether (sulfide) groups is 1. The standard InChI is InChI=1S/C30H21F3N2O4S/c31-30(32,33)23-6-3-7-24(16-23)34-27(36)17-35-28(37)26(40-29(35)38)15-19-9-12-25(13-10-19)39-18-20-8-11-21-4-1-2-5-22(21)14-20/h1-16H,17-18H2,(H,34,36)/b26-15-. The van der Waals surface area contributed by atoms with Gasteiger partial charge in [0.1, 0.15) is 18.9 Å². The van der Waals surface area contributed by atoms with E-state index in [4.69, 9.17) is 4.74 Å². The quantitative estimate of drug-likeness (QED) is 0.243. The molecule has 1 aliphatic rings. The topological polar surface area (TPSA) is 75.7 Å². The molecule has 0 aromatic heterocycles. The lowest BCUT2D eigenvalue weighted by molar-refractivity contribution is -0.137. The summed E-state index contributed by atoms with van der Waals surface area (Å²) >= 11 is 0.682. The molecule has 4 aromatic rings. The summed E-state index contributed by atoms with van der Waals surface area (Å²) in [7, 11) is 0. The minimum absolute atomic E-state index is 0.0923. The highest BCUT2D eigenvalue weighted by Gasteiger charge is 2.36. The largest absolute Gasteiger partial charge is 0.489 e. The van der Waals surface area contributed by atoms with E-state index in [-0.39, 0.29) is 10.6 Å². The minimum Gasteiger partial charge on any atom is -0.489 e. The lowest BCUT2D eigenvalue weighted by Crippen LogP contribution is -2.36. The molecule has 40 heavy (non-hydrogen) atoms. The first-order valence-electron chi connectivity index (χ1n) is 12.1. The molecule has 1 aliphatic heterocycles. The number of carbonyl (C=O) groups is 3. The summed E-state index contributed by atoms with van der Waals surface area (Å²) in [6.45, 7) is -0.245. The monoisotopic (exact) mass is 562 g/mol. The number of nitrogens with one attached hydrogen (secondary N) is 1. The summed E-state index contributed by atoms with van der Waals surface area (Å²) < 4.78 is 44.6. The molecule has 0 aliphatic carbocycles. The average Bonchev–Trinajstić information content (AvgIpc) is 3.19. The lowest BCUT2D eigenvalue weighted by Gasteiger charge is -2.13. The number of ether oxygens (including phenoxy) is 1. The van der Waals surface area contributed by atoms with Gasteiger partial charge in [0.15, 0.2) is 0 Å². The van der Waals surface area contributed by atoms with Crippen molar-refractivity contribution < 1.29 is 32.3 Å². The van der Waals surface area contributed by atoms with Crippen molar-refractivity contribution in [2.45, 2.75) is 12.8 Å². The Hall–Kier alpha value is -4.57. The molecule has 202 valence electrons. The van der Waals surface area contributed by atoms with Crippen LogP contribution in [0.3, 0.4) is 0 Å². The molecule has 1 N–H and O–H groups in total. The van der Waals surface area contributed by atoms with Crippen molar-refractivity contribution in [1.29, 1.82) is 0 Å². The van der Waals surface area contributed by atoms with Crippen LogP contribution in [0.2, 0.25) is 0 Å². The Balaban J connectivity index is 1.18. The lowest BCUT2D eigenvalue weighted by atomic mass is 10.1. The van der Waals surface area contributed by atoms with Crippen LogP contribution in [0.4, 0.5) is 23.7 Å². The maximum atomic E-state index is 12.9. The zero-order valence-corrected chi connectivity index (χ0v) is 21.6. The molecule has 0 radical (unpaired) electrons. The Morgan fingerprint density at radius 2 is 1.65 bits per heavy atom. The van der Waals surface area contributed by atoms with Crippen LogP contribution in [0.25, 0.3) is 16.8 Å². The van der Waals surface area contributed by atoms with E-state index >= 15 is 0 Å². The molecule has 1 saturated heterocycles. The first-order valence-corrected chi connectivity index (χ1v) is 12.9. The fourth-order valence-electron chi connectivity index (χ4n) is 4.06. The van der Waals surface area contributed by atoms with E-state index in [1.165, 1.54) is 12.1 Å². The van der Waals surface area contributed by atoms with Crippen molar-refractivity contribution >= 4 is 51.4 Å². The van der Waals surface area contributed by atoms with E-state index in [9.17, 15) is 27.6 Å². The third-order valence-electron chi connectivity index (χ3n) is 6.05. The molecule has 10 heteroatoms. The first-order chi connectivity index (χ1) is 19.2. The predicted molar refractivity (Wildman–Crippen MR) is 147 cm³/mol. The maximum Gasteiger partial charge on any atom is 0.416 e. The van der Waals surface area contributed by atoms with Crippen LogP contribution in [-0.4, -0.2) is 28.5 Å². The summed E-state index contributed by atoms with van der Waals surface area (Å²) in [6.07, 6.45) is -3.04. The van der Waals surface area contributed by atoms with Crippen LogP contribution < -0.4 is 10.1 Å². The van der Waals surface area contributed by atoms with Gasteiger partial charge in [-0.3, -0.25) is 19.3 Å². The Bertz CT molecular complexity index is 1630. The van der Waals surface area contributed by atoms with Crippen molar-refractivity contribution in [3.8, 4) is 5.75 Å². The third kappa shape index (κ3) is 6.35. The van der Waals surface area contributed by atoms with Crippen molar-refractivity contribution in [2.24, 2.45) is 0 Å². The molecule has 0 saturated carbocycles. The van der Waals surface area contributed by atoms with Gasteiger partial charge in [-0.15, -0.1) is 0 Å². The van der Waals surface area contributed by atoms with Gasteiger partial charge in [0, 0.05) is 5.69 Å². The number of nitrogens with zero attached hydrogens (tertiary/aromatic N) is 1. The van der Waals surface area contributed by atoms with Crippen LogP contribution in [0.5, 0.6) is 5.75 Å². The number of amides is 3. The Labute approximate surface area is 231 Å². The summed E-state index contributed by atoms with van der Waals surface area (Å²) in [5.41, 5.74) is 0.653. The molecule has 1 fully saturated rings. The van der Waals surface area contributed by atoms with Gasteiger partial charge in [-0.05, 0) is 76.1 Å². The molecule has 0 atom stereocenters. The maximum absolute atomic E-state index is 12.9. The third-order valence-corrected chi connectivity index (χ3v) is 6.95. The molecule has 5 rings (SSSR count).